The SMILES string of the molecule is COc1ccc([C@@H]2[C@H](C(N)=O)C[C@@H]3CN(Cc4coc(C)n4)CC(=O)N32)cc1. The van der Waals surface area contributed by atoms with Crippen molar-refractivity contribution in [2.75, 3.05) is 20.2 Å². The maximum Gasteiger partial charge on any atom is 0.237 e. The van der Waals surface area contributed by atoms with Crippen LogP contribution in [0, 0.1) is 12.8 Å². The molecule has 1 aromatic heterocycles. The van der Waals surface area contributed by atoms with Crippen LogP contribution >= 0.6 is 0 Å². The van der Waals surface area contributed by atoms with Crippen molar-refractivity contribution in [3.05, 3.63) is 47.7 Å². The summed E-state index contributed by atoms with van der Waals surface area (Å²) in [4.78, 5) is 33.4. The molecule has 4 rings (SSSR count). The lowest BCUT2D eigenvalue weighted by Gasteiger charge is -2.39. The molecule has 1 aromatic carbocycles. The van der Waals surface area contributed by atoms with Crippen LogP contribution in [0.5, 0.6) is 5.75 Å². The fourth-order valence-electron chi connectivity index (χ4n) is 4.41. The number of oxazole rings is 1. The van der Waals surface area contributed by atoms with Crippen LogP contribution in [0.15, 0.2) is 34.9 Å². The molecule has 0 bridgehead atoms. The molecule has 2 amide bonds. The Bertz CT molecular complexity index is 879. The number of carbonyl (C=O) groups is 2. The highest BCUT2D eigenvalue weighted by Gasteiger charge is 2.49. The Kier molecular flexibility index (Phi) is 4.80. The first-order valence-electron chi connectivity index (χ1n) is 9.34. The summed E-state index contributed by atoms with van der Waals surface area (Å²) in [7, 11) is 1.60. The van der Waals surface area contributed by atoms with Gasteiger partial charge in [0.1, 0.15) is 12.0 Å². The van der Waals surface area contributed by atoms with Gasteiger partial charge in [0.2, 0.25) is 11.8 Å². The third-order valence-corrected chi connectivity index (χ3v) is 5.59. The number of methoxy groups -OCH3 is 1. The van der Waals surface area contributed by atoms with E-state index in [0.717, 1.165) is 17.0 Å². The van der Waals surface area contributed by atoms with Crippen LogP contribution in [0.25, 0.3) is 0 Å². The van der Waals surface area contributed by atoms with E-state index in [2.05, 4.69) is 9.88 Å². The molecular weight excluding hydrogens is 360 g/mol. The van der Waals surface area contributed by atoms with Crippen molar-refractivity contribution in [2.24, 2.45) is 11.7 Å². The molecule has 8 nitrogen and oxygen atoms in total. The first-order valence-corrected chi connectivity index (χ1v) is 9.34. The second kappa shape index (κ2) is 7.27. The van der Waals surface area contributed by atoms with Crippen molar-refractivity contribution in [2.45, 2.75) is 32.0 Å². The summed E-state index contributed by atoms with van der Waals surface area (Å²) in [6, 6.07) is 7.10. The number of fused-ring (bicyclic) bond motifs is 1. The minimum absolute atomic E-state index is 0.000958. The standard InChI is InChI=1S/C20H24N4O4/c1-12-22-14(11-28-12)8-23-9-15-7-17(20(21)26)19(24(15)18(25)10-23)13-3-5-16(27-2)6-4-13/h3-6,11,15,17,19H,7-10H2,1-2H3,(H2,21,26)/t15-,17-,19-/m1/s1. The molecule has 3 heterocycles. The number of nitrogens with two attached hydrogens (primary N) is 1. The quantitative estimate of drug-likeness (QED) is 0.832. The lowest BCUT2D eigenvalue weighted by atomic mass is 9.92. The van der Waals surface area contributed by atoms with Gasteiger partial charge in [0, 0.05) is 26.1 Å². The molecule has 0 radical (unpaired) electrons. The van der Waals surface area contributed by atoms with Crippen LogP contribution in [0.3, 0.4) is 0 Å². The molecule has 3 atom stereocenters. The molecule has 2 saturated heterocycles. The van der Waals surface area contributed by atoms with E-state index in [1.165, 1.54) is 0 Å². The van der Waals surface area contributed by atoms with Gasteiger partial charge in [-0.25, -0.2) is 4.98 Å². The number of aryl methyl sites for hydroxylation is 1. The van der Waals surface area contributed by atoms with Crippen LogP contribution < -0.4 is 10.5 Å². The van der Waals surface area contributed by atoms with E-state index in [4.69, 9.17) is 14.9 Å². The van der Waals surface area contributed by atoms with Crippen molar-refractivity contribution in [3.8, 4) is 5.75 Å². The Labute approximate surface area is 163 Å². The molecule has 2 N–H and O–H groups in total. The first kappa shape index (κ1) is 18.5. The number of primary amides is 1. The van der Waals surface area contributed by atoms with Gasteiger partial charge in [-0.1, -0.05) is 12.1 Å². The monoisotopic (exact) mass is 384 g/mol. The number of rotatable bonds is 5. The summed E-state index contributed by atoms with van der Waals surface area (Å²) in [6.45, 7) is 3.29. The molecule has 2 aliphatic heterocycles. The van der Waals surface area contributed by atoms with E-state index in [-0.39, 0.29) is 30.4 Å². The molecular formula is C20H24N4O4. The average Bonchev–Trinajstić information content (AvgIpc) is 3.25. The lowest BCUT2D eigenvalue weighted by molar-refractivity contribution is -0.141. The minimum Gasteiger partial charge on any atom is -0.497 e. The van der Waals surface area contributed by atoms with Gasteiger partial charge in [-0.05, 0) is 24.1 Å². The van der Waals surface area contributed by atoms with Crippen molar-refractivity contribution in [3.63, 3.8) is 0 Å². The predicted molar refractivity (Wildman–Crippen MR) is 100 cm³/mol. The van der Waals surface area contributed by atoms with Crippen molar-refractivity contribution >= 4 is 11.8 Å². The van der Waals surface area contributed by atoms with Gasteiger partial charge >= 0.3 is 0 Å². The molecule has 0 aliphatic carbocycles. The van der Waals surface area contributed by atoms with Crippen molar-refractivity contribution in [1.82, 2.24) is 14.8 Å². The summed E-state index contributed by atoms with van der Waals surface area (Å²) in [6.07, 6.45) is 2.18. The number of aromatic nitrogens is 1. The summed E-state index contributed by atoms with van der Waals surface area (Å²) in [5.74, 6) is 0.557. The zero-order valence-corrected chi connectivity index (χ0v) is 16.0. The predicted octanol–water partition coefficient (Wildman–Crippen LogP) is 1.25. The van der Waals surface area contributed by atoms with Crippen LogP contribution in [0.2, 0.25) is 0 Å². The molecule has 2 fully saturated rings. The Morgan fingerprint density at radius 2 is 2.11 bits per heavy atom. The molecule has 148 valence electrons. The van der Waals surface area contributed by atoms with Crippen LogP contribution in [-0.4, -0.2) is 52.8 Å². The summed E-state index contributed by atoms with van der Waals surface area (Å²) in [5.41, 5.74) is 7.41. The van der Waals surface area contributed by atoms with Crippen molar-refractivity contribution in [1.29, 1.82) is 0 Å². The van der Waals surface area contributed by atoms with Crippen LogP contribution in [0.1, 0.15) is 29.6 Å². The maximum absolute atomic E-state index is 13.0. The fraction of sp³-hybridized carbons (Fsp3) is 0.450. The molecule has 0 unspecified atom stereocenters. The third kappa shape index (κ3) is 3.35. The molecule has 0 spiro atoms. The van der Waals surface area contributed by atoms with Crippen LogP contribution in [0.4, 0.5) is 0 Å². The van der Waals surface area contributed by atoms with E-state index in [1.807, 2.05) is 29.2 Å². The highest BCUT2D eigenvalue weighted by molar-refractivity contribution is 5.84. The smallest absolute Gasteiger partial charge is 0.237 e. The molecule has 28 heavy (non-hydrogen) atoms. The topological polar surface area (TPSA) is 102 Å². The van der Waals surface area contributed by atoms with E-state index >= 15 is 0 Å². The van der Waals surface area contributed by atoms with Gasteiger partial charge in [-0.3, -0.25) is 14.5 Å². The summed E-state index contributed by atoms with van der Waals surface area (Å²) < 4.78 is 10.5. The largest absolute Gasteiger partial charge is 0.497 e. The molecule has 2 aromatic rings. The first-order chi connectivity index (χ1) is 13.5. The van der Waals surface area contributed by atoms with Crippen LogP contribution in [-0.2, 0) is 16.1 Å². The van der Waals surface area contributed by atoms with Gasteiger partial charge in [0.05, 0.1) is 31.3 Å². The Hall–Kier alpha value is -2.87. The maximum atomic E-state index is 13.0. The van der Waals surface area contributed by atoms with E-state index in [9.17, 15) is 9.59 Å². The molecule has 2 aliphatic rings. The summed E-state index contributed by atoms with van der Waals surface area (Å²) >= 11 is 0. The Morgan fingerprint density at radius 3 is 2.71 bits per heavy atom. The number of carbonyl (C=O) groups excluding carboxylic acids is 2. The molecule has 8 heteroatoms. The molecule has 0 saturated carbocycles. The van der Waals surface area contributed by atoms with E-state index < -0.39 is 5.92 Å². The number of piperazine rings is 1. The average molecular weight is 384 g/mol. The lowest BCUT2D eigenvalue weighted by Crippen LogP contribution is -2.54. The zero-order chi connectivity index (χ0) is 19.8. The number of ether oxygens (including phenoxy) is 1. The zero-order valence-electron chi connectivity index (χ0n) is 16.0. The normalized spacial score (nSPS) is 25.0. The number of nitrogens with zero attached hydrogens (tertiary/aromatic N) is 3. The van der Waals surface area contributed by atoms with Gasteiger partial charge in [-0.15, -0.1) is 0 Å². The Morgan fingerprint density at radius 1 is 1.36 bits per heavy atom. The van der Waals surface area contributed by atoms with Gasteiger partial charge in [-0.2, -0.15) is 0 Å². The van der Waals surface area contributed by atoms with Gasteiger partial charge in [0.15, 0.2) is 5.89 Å². The highest BCUT2D eigenvalue weighted by Crippen LogP contribution is 2.43. The van der Waals surface area contributed by atoms with Crippen molar-refractivity contribution < 1.29 is 18.7 Å². The Balaban J connectivity index is 1.57. The second-order valence-electron chi connectivity index (χ2n) is 7.44. The third-order valence-electron chi connectivity index (χ3n) is 5.59. The number of amides is 2. The number of hydrogen-bond acceptors (Lipinski definition) is 6. The van der Waals surface area contributed by atoms with Gasteiger partial charge in [0.25, 0.3) is 0 Å². The van der Waals surface area contributed by atoms with Gasteiger partial charge < -0.3 is 19.8 Å². The second-order valence-corrected chi connectivity index (χ2v) is 7.44. The highest BCUT2D eigenvalue weighted by atomic mass is 16.5. The van der Waals surface area contributed by atoms with E-state index in [1.54, 1.807) is 20.3 Å². The minimum atomic E-state index is -0.406. The summed E-state index contributed by atoms with van der Waals surface area (Å²) in [5, 5.41) is 0. The van der Waals surface area contributed by atoms with E-state index in [0.29, 0.717) is 25.4 Å². The number of benzene rings is 1. The fourth-order valence-corrected chi connectivity index (χ4v) is 4.41. The number of hydrogen-bond donors (Lipinski definition) is 1.